The Morgan fingerprint density at radius 1 is 1.35 bits per heavy atom. The molecule has 0 bridgehead atoms. The summed E-state index contributed by atoms with van der Waals surface area (Å²) in [4.78, 5) is 25.5. The number of hydrogen-bond donors (Lipinski definition) is 2. The average molecular weight is 287 g/mol. The van der Waals surface area contributed by atoms with Crippen molar-refractivity contribution in [2.24, 2.45) is 5.41 Å². The maximum absolute atomic E-state index is 12.4. The second kappa shape index (κ2) is 7.04. The molecule has 1 heterocycles. The molecule has 1 rings (SSSR count). The molecule has 0 saturated carbocycles. The molecule has 0 aliphatic carbocycles. The third-order valence-electron chi connectivity index (χ3n) is 4.33. The van der Waals surface area contributed by atoms with E-state index in [1.165, 1.54) is 0 Å². The monoisotopic (exact) mass is 287 g/mol. The molecule has 1 aliphatic heterocycles. The zero-order valence-electron chi connectivity index (χ0n) is 12.5. The molecular formula is C14H25NO5. The average Bonchev–Trinajstić information content (AvgIpc) is 2.44. The quantitative estimate of drug-likeness (QED) is 0.757. The molecule has 0 radical (unpaired) electrons. The van der Waals surface area contributed by atoms with Crippen molar-refractivity contribution in [1.29, 1.82) is 0 Å². The van der Waals surface area contributed by atoms with Gasteiger partial charge in [0.2, 0.25) is 5.91 Å². The number of amides is 1. The van der Waals surface area contributed by atoms with Crippen molar-refractivity contribution in [3.8, 4) is 0 Å². The van der Waals surface area contributed by atoms with Crippen LogP contribution in [0, 0.1) is 5.41 Å². The Hall–Kier alpha value is -1.14. The molecule has 0 aromatic heterocycles. The lowest BCUT2D eigenvalue weighted by atomic mass is 9.78. The topological polar surface area (TPSA) is 87.1 Å². The summed E-state index contributed by atoms with van der Waals surface area (Å²) in [6.45, 7) is 6.01. The second-order valence-electron chi connectivity index (χ2n) is 5.50. The SMILES string of the molecule is CCC(CC)(CC(=O)N1CC(CO)OCC1C)C(=O)O. The van der Waals surface area contributed by atoms with Gasteiger partial charge >= 0.3 is 5.97 Å². The van der Waals surface area contributed by atoms with Crippen LogP contribution in [0.1, 0.15) is 40.0 Å². The summed E-state index contributed by atoms with van der Waals surface area (Å²) < 4.78 is 5.39. The molecule has 0 spiro atoms. The van der Waals surface area contributed by atoms with Gasteiger partial charge in [0.1, 0.15) is 0 Å². The highest BCUT2D eigenvalue weighted by atomic mass is 16.5. The van der Waals surface area contributed by atoms with Crippen LogP contribution in [-0.4, -0.2) is 58.9 Å². The molecule has 6 heteroatoms. The van der Waals surface area contributed by atoms with E-state index >= 15 is 0 Å². The highest BCUT2D eigenvalue weighted by molar-refractivity contribution is 5.85. The van der Waals surface area contributed by atoms with Gasteiger partial charge < -0.3 is 19.8 Å². The number of aliphatic carboxylic acids is 1. The number of morpholine rings is 1. The number of aliphatic hydroxyl groups excluding tert-OH is 1. The number of rotatable bonds is 6. The third-order valence-corrected chi connectivity index (χ3v) is 4.33. The van der Waals surface area contributed by atoms with Gasteiger partial charge in [0.05, 0.1) is 30.8 Å². The lowest BCUT2D eigenvalue weighted by Crippen LogP contribution is -2.53. The second-order valence-corrected chi connectivity index (χ2v) is 5.50. The van der Waals surface area contributed by atoms with Crippen molar-refractivity contribution >= 4 is 11.9 Å². The number of carbonyl (C=O) groups excluding carboxylic acids is 1. The van der Waals surface area contributed by atoms with Crippen molar-refractivity contribution in [3.05, 3.63) is 0 Å². The van der Waals surface area contributed by atoms with Crippen molar-refractivity contribution in [3.63, 3.8) is 0 Å². The Balaban J connectivity index is 2.80. The van der Waals surface area contributed by atoms with E-state index in [1.807, 2.05) is 6.92 Å². The first-order chi connectivity index (χ1) is 9.40. The van der Waals surface area contributed by atoms with E-state index in [0.29, 0.717) is 26.0 Å². The summed E-state index contributed by atoms with van der Waals surface area (Å²) in [6.07, 6.45) is 0.467. The van der Waals surface area contributed by atoms with Gasteiger partial charge in [-0.2, -0.15) is 0 Å². The maximum Gasteiger partial charge on any atom is 0.310 e. The lowest BCUT2D eigenvalue weighted by Gasteiger charge is -2.39. The fraction of sp³-hybridized carbons (Fsp3) is 0.857. The minimum Gasteiger partial charge on any atom is -0.481 e. The fourth-order valence-corrected chi connectivity index (χ4v) is 2.54. The first kappa shape index (κ1) is 16.9. The number of carbonyl (C=O) groups is 2. The fourth-order valence-electron chi connectivity index (χ4n) is 2.54. The van der Waals surface area contributed by atoms with Gasteiger partial charge in [-0.3, -0.25) is 9.59 Å². The summed E-state index contributed by atoms with van der Waals surface area (Å²) in [5.41, 5.74) is -0.996. The molecule has 1 saturated heterocycles. The number of carboxylic acids is 1. The van der Waals surface area contributed by atoms with Crippen LogP contribution in [0.2, 0.25) is 0 Å². The molecule has 2 unspecified atom stereocenters. The largest absolute Gasteiger partial charge is 0.481 e. The molecule has 2 atom stereocenters. The highest BCUT2D eigenvalue weighted by Crippen LogP contribution is 2.32. The van der Waals surface area contributed by atoms with Crippen molar-refractivity contribution < 1.29 is 24.5 Å². The molecule has 2 N–H and O–H groups in total. The summed E-state index contributed by atoms with van der Waals surface area (Å²) >= 11 is 0. The molecule has 1 fully saturated rings. The predicted octanol–water partition coefficient (Wildman–Crippen LogP) is 0.876. The molecule has 0 aromatic rings. The van der Waals surface area contributed by atoms with E-state index in [2.05, 4.69) is 0 Å². The zero-order chi connectivity index (χ0) is 15.3. The standard InChI is InChI=1S/C14H25NO5/c1-4-14(5-2,13(18)19)6-12(17)15-7-11(8-16)20-9-10(15)3/h10-11,16H,4-9H2,1-3H3,(H,18,19). The van der Waals surface area contributed by atoms with Crippen molar-refractivity contribution in [1.82, 2.24) is 4.90 Å². The zero-order valence-corrected chi connectivity index (χ0v) is 12.5. The Labute approximate surface area is 119 Å². The minimum atomic E-state index is -0.996. The summed E-state index contributed by atoms with van der Waals surface area (Å²) in [6, 6.07) is -0.0921. The molecule has 1 aliphatic rings. The molecule has 1 amide bonds. The first-order valence-corrected chi connectivity index (χ1v) is 7.15. The van der Waals surface area contributed by atoms with Crippen molar-refractivity contribution in [2.45, 2.75) is 52.2 Å². The van der Waals surface area contributed by atoms with Gasteiger partial charge in [0.25, 0.3) is 0 Å². The summed E-state index contributed by atoms with van der Waals surface area (Å²) in [5.74, 6) is -1.10. The van der Waals surface area contributed by atoms with Gasteiger partial charge in [-0.1, -0.05) is 13.8 Å². The van der Waals surface area contributed by atoms with Gasteiger partial charge in [-0.15, -0.1) is 0 Å². The van der Waals surface area contributed by atoms with Gasteiger partial charge in [-0.25, -0.2) is 0 Å². The number of ether oxygens (including phenoxy) is 1. The minimum absolute atomic E-state index is 0.00216. The lowest BCUT2D eigenvalue weighted by molar-refractivity contribution is -0.159. The highest BCUT2D eigenvalue weighted by Gasteiger charge is 2.40. The Kier molecular flexibility index (Phi) is 5.95. The van der Waals surface area contributed by atoms with E-state index < -0.39 is 11.4 Å². The first-order valence-electron chi connectivity index (χ1n) is 7.15. The summed E-state index contributed by atoms with van der Waals surface area (Å²) in [5, 5.41) is 18.5. The normalized spacial score (nSPS) is 23.7. The van der Waals surface area contributed by atoms with Crippen LogP contribution in [-0.2, 0) is 14.3 Å². The van der Waals surface area contributed by atoms with Crippen LogP contribution >= 0.6 is 0 Å². The Morgan fingerprint density at radius 3 is 2.40 bits per heavy atom. The number of hydrogen-bond acceptors (Lipinski definition) is 4. The third kappa shape index (κ3) is 3.49. The Morgan fingerprint density at radius 2 is 1.95 bits per heavy atom. The van der Waals surface area contributed by atoms with E-state index in [4.69, 9.17) is 9.84 Å². The number of carboxylic acid groups (broad SMARTS) is 1. The maximum atomic E-state index is 12.4. The van der Waals surface area contributed by atoms with Crippen LogP contribution in [0.5, 0.6) is 0 Å². The number of aliphatic hydroxyl groups is 1. The van der Waals surface area contributed by atoms with Crippen LogP contribution in [0.4, 0.5) is 0 Å². The summed E-state index contributed by atoms with van der Waals surface area (Å²) in [7, 11) is 0. The molecule has 20 heavy (non-hydrogen) atoms. The molecule has 6 nitrogen and oxygen atoms in total. The van der Waals surface area contributed by atoms with E-state index in [-0.39, 0.29) is 31.1 Å². The van der Waals surface area contributed by atoms with Crippen LogP contribution < -0.4 is 0 Å². The van der Waals surface area contributed by atoms with Crippen molar-refractivity contribution in [2.75, 3.05) is 19.8 Å². The molecule has 0 aromatic carbocycles. The Bertz CT molecular complexity index is 353. The van der Waals surface area contributed by atoms with Gasteiger partial charge in [-0.05, 0) is 19.8 Å². The van der Waals surface area contributed by atoms with Gasteiger partial charge in [0.15, 0.2) is 0 Å². The number of nitrogens with zero attached hydrogens (tertiary/aromatic N) is 1. The van der Waals surface area contributed by atoms with Gasteiger partial charge in [0, 0.05) is 13.0 Å². The molecule has 116 valence electrons. The van der Waals surface area contributed by atoms with E-state index in [1.54, 1.807) is 18.7 Å². The predicted molar refractivity (Wildman–Crippen MR) is 73.3 cm³/mol. The van der Waals surface area contributed by atoms with E-state index in [0.717, 1.165) is 0 Å². The van der Waals surface area contributed by atoms with Crippen LogP contribution in [0.25, 0.3) is 0 Å². The van der Waals surface area contributed by atoms with Crippen LogP contribution in [0.15, 0.2) is 0 Å². The smallest absolute Gasteiger partial charge is 0.310 e. The van der Waals surface area contributed by atoms with E-state index in [9.17, 15) is 14.7 Å². The van der Waals surface area contributed by atoms with Crippen LogP contribution in [0.3, 0.4) is 0 Å². The molecular weight excluding hydrogens is 262 g/mol.